The Balaban J connectivity index is 1.84. The second kappa shape index (κ2) is 4.84. The molecule has 3 rings (SSSR count). The summed E-state index contributed by atoms with van der Waals surface area (Å²) in [6.07, 6.45) is 9.47. The van der Waals surface area contributed by atoms with Gasteiger partial charge in [-0.1, -0.05) is 12.8 Å². The Morgan fingerprint density at radius 3 is 2.61 bits per heavy atom. The van der Waals surface area contributed by atoms with Gasteiger partial charge in [0.05, 0.1) is 0 Å². The monoisotopic (exact) mass is 241 g/mol. The summed E-state index contributed by atoms with van der Waals surface area (Å²) in [5.74, 6) is 1.88. The molecule has 3 heteroatoms. The van der Waals surface area contributed by atoms with Crippen LogP contribution in [0.3, 0.4) is 0 Å². The Labute approximate surface area is 108 Å². The number of nitrogens with zero attached hydrogens (tertiary/aromatic N) is 2. The van der Waals surface area contributed by atoms with Crippen molar-refractivity contribution in [3.63, 3.8) is 0 Å². The highest BCUT2D eigenvalue weighted by atomic mass is 15.1. The number of rotatable bonds is 3. The molecule has 94 valence electrons. The Kier molecular flexibility index (Phi) is 3.05. The van der Waals surface area contributed by atoms with Crippen LogP contribution in [0.25, 0.3) is 11.4 Å². The summed E-state index contributed by atoms with van der Waals surface area (Å²) in [4.78, 5) is 4.48. The number of benzene rings is 1. The van der Waals surface area contributed by atoms with Gasteiger partial charge in [-0.05, 0) is 43.0 Å². The molecule has 2 aromatic rings. The molecule has 1 aliphatic carbocycles. The summed E-state index contributed by atoms with van der Waals surface area (Å²) in [5.41, 5.74) is 7.67. The summed E-state index contributed by atoms with van der Waals surface area (Å²) in [7, 11) is 0. The molecule has 0 bridgehead atoms. The lowest BCUT2D eigenvalue weighted by molar-refractivity contribution is 0.460. The van der Waals surface area contributed by atoms with Crippen molar-refractivity contribution < 1.29 is 0 Å². The predicted octanol–water partition coefficient (Wildman–Crippen LogP) is 3.32. The van der Waals surface area contributed by atoms with E-state index in [0.29, 0.717) is 0 Å². The van der Waals surface area contributed by atoms with E-state index in [-0.39, 0.29) is 0 Å². The minimum Gasteiger partial charge on any atom is -0.399 e. The Bertz CT molecular complexity index is 507. The standard InChI is InChI=1S/C15H19N3/c16-14-7-5-13(6-8-14)15-17-9-10-18(15)11-12-3-1-2-4-12/h5-10,12H,1-4,11,16H2. The molecule has 0 saturated heterocycles. The minimum absolute atomic E-state index is 0.799. The highest BCUT2D eigenvalue weighted by molar-refractivity contribution is 5.59. The lowest BCUT2D eigenvalue weighted by Gasteiger charge is -2.13. The van der Waals surface area contributed by atoms with Gasteiger partial charge in [0.25, 0.3) is 0 Å². The summed E-state index contributed by atoms with van der Waals surface area (Å²) >= 11 is 0. The van der Waals surface area contributed by atoms with E-state index in [0.717, 1.165) is 29.5 Å². The molecule has 2 N–H and O–H groups in total. The number of aromatic nitrogens is 2. The zero-order chi connectivity index (χ0) is 12.4. The summed E-state index contributed by atoms with van der Waals surface area (Å²) in [6.45, 7) is 1.10. The maximum Gasteiger partial charge on any atom is 0.139 e. The molecule has 0 spiro atoms. The van der Waals surface area contributed by atoms with Crippen LogP contribution in [0.15, 0.2) is 36.7 Å². The normalized spacial score (nSPS) is 16.2. The lowest BCUT2D eigenvalue weighted by Crippen LogP contribution is -2.07. The van der Waals surface area contributed by atoms with Crippen LogP contribution in [0, 0.1) is 5.92 Å². The first kappa shape index (κ1) is 11.3. The van der Waals surface area contributed by atoms with E-state index in [1.165, 1.54) is 25.7 Å². The van der Waals surface area contributed by atoms with Crippen molar-refractivity contribution >= 4 is 5.69 Å². The fraction of sp³-hybridized carbons (Fsp3) is 0.400. The molecule has 18 heavy (non-hydrogen) atoms. The molecule has 1 aromatic heterocycles. The van der Waals surface area contributed by atoms with Gasteiger partial charge in [-0.2, -0.15) is 0 Å². The van der Waals surface area contributed by atoms with Gasteiger partial charge in [-0.3, -0.25) is 0 Å². The first-order valence-corrected chi connectivity index (χ1v) is 6.70. The van der Waals surface area contributed by atoms with Gasteiger partial charge in [0.1, 0.15) is 5.82 Å². The van der Waals surface area contributed by atoms with Crippen LogP contribution in [0.5, 0.6) is 0 Å². The van der Waals surface area contributed by atoms with Crippen molar-refractivity contribution in [3.8, 4) is 11.4 Å². The Morgan fingerprint density at radius 1 is 1.17 bits per heavy atom. The number of anilines is 1. The van der Waals surface area contributed by atoms with Crippen molar-refractivity contribution in [1.82, 2.24) is 9.55 Å². The second-order valence-corrected chi connectivity index (χ2v) is 5.18. The predicted molar refractivity (Wildman–Crippen MR) is 74.0 cm³/mol. The molecule has 0 radical (unpaired) electrons. The molecule has 1 fully saturated rings. The molecule has 1 heterocycles. The Hall–Kier alpha value is -1.77. The quantitative estimate of drug-likeness (QED) is 0.838. The van der Waals surface area contributed by atoms with Gasteiger partial charge in [0, 0.05) is 30.2 Å². The van der Waals surface area contributed by atoms with Gasteiger partial charge in [-0.15, -0.1) is 0 Å². The topological polar surface area (TPSA) is 43.8 Å². The minimum atomic E-state index is 0.799. The summed E-state index contributed by atoms with van der Waals surface area (Å²) < 4.78 is 2.28. The first-order valence-electron chi connectivity index (χ1n) is 6.70. The van der Waals surface area contributed by atoms with Crippen LogP contribution in [-0.2, 0) is 6.54 Å². The molecular weight excluding hydrogens is 222 g/mol. The van der Waals surface area contributed by atoms with Crippen LogP contribution < -0.4 is 5.73 Å². The maximum atomic E-state index is 5.72. The van der Waals surface area contributed by atoms with E-state index >= 15 is 0 Å². The van der Waals surface area contributed by atoms with E-state index < -0.39 is 0 Å². The zero-order valence-corrected chi connectivity index (χ0v) is 10.5. The molecule has 0 aliphatic heterocycles. The van der Waals surface area contributed by atoms with Crippen molar-refractivity contribution in [3.05, 3.63) is 36.7 Å². The van der Waals surface area contributed by atoms with Gasteiger partial charge in [0.2, 0.25) is 0 Å². The smallest absolute Gasteiger partial charge is 0.139 e. The highest BCUT2D eigenvalue weighted by Crippen LogP contribution is 2.28. The van der Waals surface area contributed by atoms with Crippen LogP contribution in [0.4, 0.5) is 5.69 Å². The van der Waals surface area contributed by atoms with Crippen molar-refractivity contribution in [2.75, 3.05) is 5.73 Å². The average Bonchev–Trinajstić information content (AvgIpc) is 3.02. The Morgan fingerprint density at radius 2 is 1.89 bits per heavy atom. The molecular formula is C15H19N3. The number of imidazole rings is 1. The number of hydrogen-bond donors (Lipinski definition) is 1. The average molecular weight is 241 g/mol. The van der Waals surface area contributed by atoms with Crippen LogP contribution in [-0.4, -0.2) is 9.55 Å². The molecule has 0 amide bonds. The molecule has 1 aliphatic rings. The SMILES string of the molecule is Nc1ccc(-c2nccn2CC2CCCC2)cc1. The van der Waals surface area contributed by atoms with E-state index in [4.69, 9.17) is 5.73 Å². The fourth-order valence-corrected chi connectivity index (χ4v) is 2.82. The fourth-order valence-electron chi connectivity index (χ4n) is 2.82. The number of nitrogen functional groups attached to an aromatic ring is 1. The molecule has 0 atom stereocenters. The van der Waals surface area contributed by atoms with Gasteiger partial charge >= 0.3 is 0 Å². The van der Waals surface area contributed by atoms with Gasteiger partial charge < -0.3 is 10.3 Å². The van der Waals surface area contributed by atoms with Gasteiger partial charge in [-0.25, -0.2) is 4.98 Å². The largest absolute Gasteiger partial charge is 0.399 e. The van der Waals surface area contributed by atoms with Crippen molar-refractivity contribution in [2.24, 2.45) is 5.92 Å². The second-order valence-electron chi connectivity index (χ2n) is 5.18. The van der Waals surface area contributed by atoms with Crippen LogP contribution in [0.1, 0.15) is 25.7 Å². The van der Waals surface area contributed by atoms with Crippen molar-refractivity contribution in [1.29, 1.82) is 0 Å². The highest BCUT2D eigenvalue weighted by Gasteiger charge is 2.17. The molecule has 1 aromatic carbocycles. The van der Waals surface area contributed by atoms with E-state index in [1.54, 1.807) is 0 Å². The first-order chi connectivity index (χ1) is 8.83. The van der Waals surface area contributed by atoms with Crippen LogP contribution in [0.2, 0.25) is 0 Å². The van der Waals surface area contributed by atoms with E-state index in [9.17, 15) is 0 Å². The maximum absolute atomic E-state index is 5.72. The van der Waals surface area contributed by atoms with Crippen LogP contribution >= 0.6 is 0 Å². The zero-order valence-electron chi connectivity index (χ0n) is 10.5. The summed E-state index contributed by atoms with van der Waals surface area (Å²) in [5, 5.41) is 0. The lowest BCUT2D eigenvalue weighted by atomic mass is 10.1. The summed E-state index contributed by atoms with van der Waals surface area (Å²) in [6, 6.07) is 7.96. The molecule has 0 unspecified atom stereocenters. The van der Waals surface area contributed by atoms with Gasteiger partial charge in [0.15, 0.2) is 0 Å². The third-order valence-electron chi connectivity index (χ3n) is 3.81. The van der Waals surface area contributed by atoms with Crippen molar-refractivity contribution in [2.45, 2.75) is 32.2 Å². The third kappa shape index (κ3) is 2.26. The van der Waals surface area contributed by atoms with E-state index in [1.807, 2.05) is 30.5 Å². The third-order valence-corrected chi connectivity index (χ3v) is 3.81. The van der Waals surface area contributed by atoms with E-state index in [2.05, 4.69) is 15.7 Å². The number of nitrogens with two attached hydrogens (primary N) is 1. The molecule has 3 nitrogen and oxygen atoms in total. The molecule has 1 saturated carbocycles. The number of hydrogen-bond acceptors (Lipinski definition) is 2.